The van der Waals surface area contributed by atoms with Crippen molar-refractivity contribution in [2.75, 3.05) is 0 Å². The van der Waals surface area contributed by atoms with E-state index < -0.39 is 11.6 Å². The highest BCUT2D eigenvalue weighted by molar-refractivity contribution is 6.29. The van der Waals surface area contributed by atoms with Gasteiger partial charge in [0.2, 0.25) is 0 Å². The first-order chi connectivity index (χ1) is 8.13. The minimum atomic E-state index is -1.01. The molecule has 1 aromatic carbocycles. The van der Waals surface area contributed by atoms with Crippen molar-refractivity contribution < 1.29 is 13.6 Å². The summed E-state index contributed by atoms with van der Waals surface area (Å²) >= 11 is 5.62. The van der Waals surface area contributed by atoms with Gasteiger partial charge in [-0.15, -0.1) is 0 Å². The van der Waals surface area contributed by atoms with E-state index in [0.29, 0.717) is 6.29 Å². The highest BCUT2D eigenvalue weighted by Gasteiger charge is 2.13. The predicted octanol–water partition coefficient (Wildman–Crippen LogP) is 3.49. The van der Waals surface area contributed by atoms with E-state index in [1.807, 2.05) is 0 Å². The fraction of sp³-hybridized carbons (Fsp3) is 0. The molecular formula is C12H6ClF2NO. The predicted molar refractivity (Wildman–Crippen MR) is 60.0 cm³/mol. The molecule has 0 saturated carbocycles. The van der Waals surface area contributed by atoms with Gasteiger partial charge in [0.1, 0.15) is 10.8 Å². The SMILES string of the molecule is O=Cc1nc(Cl)ccc1-c1cccc(F)c1F. The van der Waals surface area contributed by atoms with E-state index in [1.165, 1.54) is 24.3 Å². The van der Waals surface area contributed by atoms with Crippen molar-refractivity contribution in [2.45, 2.75) is 0 Å². The summed E-state index contributed by atoms with van der Waals surface area (Å²) in [7, 11) is 0. The summed E-state index contributed by atoms with van der Waals surface area (Å²) in [6.45, 7) is 0. The summed E-state index contributed by atoms with van der Waals surface area (Å²) in [6.07, 6.45) is 0.450. The maximum atomic E-state index is 13.6. The molecule has 2 rings (SSSR count). The Labute approximate surface area is 101 Å². The van der Waals surface area contributed by atoms with Gasteiger partial charge in [-0.25, -0.2) is 13.8 Å². The number of pyridine rings is 1. The molecule has 0 aliphatic rings. The van der Waals surface area contributed by atoms with Gasteiger partial charge in [-0.1, -0.05) is 23.7 Å². The van der Waals surface area contributed by atoms with Crippen LogP contribution in [0.4, 0.5) is 8.78 Å². The van der Waals surface area contributed by atoms with Gasteiger partial charge in [0.25, 0.3) is 0 Å². The number of halogens is 3. The molecule has 0 aliphatic heterocycles. The summed E-state index contributed by atoms with van der Waals surface area (Å²) in [5.41, 5.74) is 0.166. The third-order valence-electron chi connectivity index (χ3n) is 2.24. The van der Waals surface area contributed by atoms with Crippen LogP contribution in [-0.4, -0.2) is 11.3 Å². The van der Waals surface area contributed by atoms with Gasteiger partial charge in [-0.2, -0.15) is 0 Å². The standard InChI is InChI=1S/C12H6ClF2NO/c13-11-5-4-7(10(6-17)16-11)8-2-1-3-9(14)12(8)15/h1-6H. The monoisotopic (exact) mass is 253 g/mol. The van der Waals surface area contributed by atoms with Crippen LogP contribution in [-0.2, 0) is 0 Å². The van der Waals surface area contributed by atoms with Gasteiger partial charge in [-0.3, -0.25) is 4.79 Å². The average molecular weight is 254 g/mol. The van der Waals surface area contributed by atoms with E-state index in [2.05, 4.69) is 4.98 Å². The molecule has 1 aromatic heterocycles. The van der Waals surface area contributed by atoms with Crippen LogP contribution in [0.3, 0.4) is 0 Å². The van der Waals surface area contributed by atoms with Crippen molar-refractivity contribution >= 4 is 17.9 Å². The van der Waals surface area contributed by atoms with E-state index >= 15 is 0 Å². The molecule has 17 heavy (non-hydrogen) atoms. The van der Waals surface area contributed by atoms with E-state index in [1.54, 1.807) is 0 Å². The number of nitrogens with zero attached hydrogens (tertiary/aromatic N) is 1. The first-order valence-electron chi connectivity index (χ1n) is 4.69. The lowest BCUT2D eigenvalue weighted by atomic mass is 10.0. The van der Waals surface area contributed by atoms with Gasteiger partial charge in [0.15, 0.2) is 17.9 Å². The zero-order valence-electron chi connectivity index (χ0n) is 8.45. The Balaban J connectivity index is 2.68. The molecule has 0 amide bonds. The van der Waals surface area contributed by atoms with Gasteiger partial charge < -0.3 is 0 Å². The van der Waals surface area contributed by atoms with E-state index in [0.717, 1.165) is 6.07 Å². The molecule has 2 aromatic rings. The van der Waals surface area contributed by atoms with Crippen molar-refractivity contribution in [1.29, 1.82) is 0 Å². The molecule has 0 saturated heterocycles. The topological polar surface area (TPSA) is 30.0 Å². The molecule has 0 aliphatic carbocycles. The molecule has 0 fully saturated rings. The van der Waals surface area contributed by atoms with Crippen molar-refractivity contribution in [1.82, 2.24) is 4.98 Å². The second-order valence-corrected chi connectivity index (χ2v) is 3.67. The first kappa shape index (κ1) is 11.7. The first-order valence-corrected chi connectivity index (χ1v) is 5.07. The van der Waals surface area contributed by atoms with E-state index in [-0.39, 0.29) is 22.0 Å². The Morgan fingerprint density at radius 1 is 1.12 bits per heavy atom. The summed E-state index contributed by atoms with van der Waals surface area (Å²) in [4.78, 5) is 14.6. The zero-order valence-corrected chi connectivity index (χ0v) is 9.21. The Bertz CT molecular complexity index is 587. The molecule has 0 N–H and O–H groups in total. The smallest absolute Gasteiger partial charge is 0.169 e. The molecule has 5 heteroatoms. The maximum absolute atomic E-state index is 13.6. The molecule has 1 heterocycles. The fourth-order valence-electron chi connectivity index (χ4n) is 1.48. The molecule has 0 atom stereocenters. The zero-order chi connectivity index (χ0) is 12.4. The van der Waals surface area contributed by atoms with Crippen molar-refractivity contribution in [3.05, 3.63) is 52.8 Å². The van der Waals surface area contributed by atoms with Crippen molar-refractivity contribution in [3.63, 3.8) is 0 Å². The van der Waals surface area contributed by atoms with Crippen LogP contribution < -0.4 is 0 Å². The Morgan fingerprint density at radius 2 is 1.88 bits per heavy atom. The fourth-order valence-corrected chi connectivity index (χ4v) is 1.63. The summed E-state index contributed by atoms with van der Waals surface area (Å²) in [5.74, 6) is -1.99. The lowest BCUT2D eigenvalue weighted by Crippen LogP contribution is -1.96. The molecule has 0 radical (unpaired) electrons. The van der Waals surface area contributed by atoms with Crippen LogP contribution in [0, 0.1) is 11.6 Å². The number of carbonyl (C=O) groups is 1. The third-order valence-corrected chi connectivity index (χ3v) is 2.45. The molecule has 0 bridgehead atoms. The normalized spacial score (nSPS) is 10.3. The minimum Gasteiger partial charge on any atom is -0.296 e. The quantitative estimate of drug-likeness (QED) is 0.606. The van der Waals surface area contributed by atoms with Crippen LogP contribution in [0.25, 0.3) is 11.1 Å². The van der Waals surface area contributed by atoms with E-state index in [4.69, 9.17) is 11.6 Å². The number of carbonyl (C=O) groups excluding carboxylic acids is 1. The van der Waals surface area contributed by atoms with Gasteiger partial charge in [0.05, 0.1) is 0 Å². The van der Waals surface area contributed by atoms with Crippen LogP contribution in [0.1, 0.15) is 10.5 Å². The molecule has 2 nitrogen and oxygen atoms in total. The highest BCUT2D eigenvalue weighted by atomic mass is 35.5. The average Bonchev–Trinajstić information content (AvgIpc) is 2.33. The Morgan fingerprint density at radius 3 is 2.59 bits per heavy atom. The van der Waals surface area contributed by atoms with Gasteiger partial charge in [0, 0.05) is 11.1 Å². The minimum absolute atomic E-state index is 0.0173. The Kier molecular flexibility index (Phi) is 3.15. The number of benzene rings is 1. The lowest BCUT2D eigenvalue weighted by molar-refractivity contribution is 0.111. The van der Waals surface area contributed by atoms with Crippen LogP contribution in [0.15, 0.2) is 30.3 Å². The number of rotatable bonds is 2. The molecule has 0 spiro atoms. The number of hydrogen-bond acceptors (Lipinski definition) is 2. The largest absolute Gasteiger partial charge is 0.296 e. The van der Waals surface area contributed by atoms with Crippen LogP contribution in [0.5, 0.6) is 0 Å². The summed E-state index contributed by atoms with van der Waals surface area (Å²) in [6, 6.07) is 6.57. The van der Waals surface area contributed by atoms with Gasteiger partial charge >= 0.3 is 0 Å². The van der Waals surface area contributed by atoms with Gasteiger partial charge in [-0.05, 0) is 18.2 Å². The summed E-state index contributed by atoms with van der Waals surface area (Å²) in [5, 5.41) is 0.118. The highest BCUT2D eigenvalue weighted by Crippen LogP contribution is 2.27. The summed E-state index contributed by atoms with van der Waals surface area (Å²) < 4.78 is 26.6. The third kappa shape index (κ3) is 2.17. The molecule has 86 valence electrons. The maximum Gasteiger partial charge on any atom is 0.169 e. The second kappa shape index (κ2) is 4.59. The Hall–Kier alpha value is -1.81. The second-order valence-electron chi connectivity index (χ2n) is 3.29. The van der Waals surface area contributed by atoms with Crippen molar-refractivity contribution in [2.24, 2.45) is 0 Å². The number of hydrogen-bond donors (Lipinski definition) is 0. The number of aldehydes is 1. The van der Waals surface area contributed by atoms with Crippen LogP contribution in [0.2, 0.25) is 5.15 Å². The number of aromatic nitrogens is 1. The lowest BCUT2D eigenvalue weighted by Gasteiger charge is -2.06. The van der Waals surface area contributed by atoms with Crippen LogP contribution >= 0.6 is 11.6 Å². The van der Waals surface area contributed by atoms with E-state index in [9.17, 15) is 13.6 Å². The molecular weight excluding hydrogens is 248 g/mol. The molecule has 0 unspecified atom stereocenters. The van der Waals surface area contributed by atoms with Crippen molar-refractivity contribution in [3.8, 4) is 11.1 Å².